The summed E-state index contributed by atoms with van der Waals surface area (Å²) < 4.78 is 0. The molecule has 0 aliphatic carbocycles. The lowest BCUT2D eigenvalue weighted by molar-refractivity contribution is 0.442. The summed E-state index contributed by atoms with van der Waals surface area (Å²) in [6.45, 7) is 4.29. The summed E-state index contributed by atoms with van der Waals surface area (Å²) in [6, 6.07) is 0. The Bertz CT molecular complexity index is 314. The van der Waals surface area contributed by atoms with Gasteiger partial charge in [-0.15, -0.1) is 0 Å². The van der Waals surface area contributed by atoms with E-state index >= 15 is 0 Å². The highest BCUT2D eigenvalue weighted by Gasteiger charge is 2.18. The summed E-state index contributed by atoms with van der Waals surface area (Å²) in [6.07, 6.45) is 3.96. The second-order valence-electron chi connectivity index (χ2n) is 3.84. The molecular weight excluding hydrogens is 178 g/mol. The number of hydrogen-bond donors (Lipinski definition) is 1. The normalized spacial score (nSPS) is 22.4. The average molecular weight is 193 g/mol. The number of aromatic nitrogens is 3. The van der Waals surface area contributed by atoms with Crippen LogP contribution in [0.25, 0.3) is 0 Å². The van der Waals surface area contributed by atoms with Gasteiger partial charge in [0, 0.05) is 13.1 Å². The van der Waals surface area contributed by atoms with Crippen LogP contribution in [0.15, 0.2) is 6.33 Å². The van der Waals surface area contributed by atoms with Crippen molar-refractivity contribution < 1.29 is 0 Å². The molecule has 1 aromatic rings. The molecule has 1 aromatic heterocycles. The predicted molar refractivity (Wildman–Crippen MR) is 54.9 cm³/mol. The summed E-state index contributed by atoms with van der Waals surface area (Å²) in [7, 11) is 0. The molecule has 1 saturated heterocycles. The molecule has 5 nitrogen and oxygen atoms in total. The van der Waals surface area contributed by atoms with Crippen molar-refractivity contribution in [2.24, 2.45) is 5.92 Å². The molecule has 1 atom stereocenters. The second-order valence-corrected chi connectivity index (χ2v) is 3.84. The molecule has 0 amide bonds. The summed E-state index contributed by atoms with van der Waals surface area (Å²) in [4.78, 5) is 14.2. The third-order valence-corrected chi connectivity index (χ3v) is 2.52. The van der Waals surface area contributed by atoms with Crippen LogP contribution in [-0.4, -0.2) is 28.0 Å². The van der Waals surface area contributed by atoms with Crippen LogP contribution in [0, 0.1) is 5.92 Å². The van der Waals surface area contributed by atoms with Gasteiger partial charge in [-0.1, -0.05) is 6.92 Å². The van der Waals surface area contributed by atoms with Crippen LogP contribution in [0.4, 0.5) is 11.9 Å². The van der Waals surface area contributed by atoms with Crippen molar-refractivity contribution in [2.75, 3.05) is 23.7 Å². The van der Waals surface area contributed by atoms with E-state index < -0.39 is 0 Å². The fourth-order valence-corrected chi connectivity index (χ4v) is 1.82. The number of anilines is 2. The van der Waals surface area contributed by atoms with E-state index in [1.54, 1.807) is 0 Å². The summed E-state index contributed by atoms with van der Waals surface area (Å²) >= 11 is 0. The van der Waals surface area contributed by atoms with Crippen molar-refractivity contribution in [3.05, 3.63) is 6.33 Å². The monoisotopic (exact) mass is 193 g/mol. The molecule has 2 rings (SSSR count). The van der Waals surface area contributed by atoms with Crippen LogP contribution in [0.3, 0.4) is 0 Å². The molecule has 0 spiro atoms. The Hall–Kier alpha value is -1.39. The van der Waals surface area contributed by atoms with Gasteiger partial charge in [-0.05, 0) is 18.8 Å². The quantitative estimate of drug-likeness (QED) is 0.710. The maximum absolute atomic E-state index is 5.51. The lowest BCUT2D eigenvalue weighted by Crippen LogP contribution is -2.35. The minimum atomic E-state index is 0.299. The van der Waals surface area contributed by atoms with Gasteiger partial charge in [-0.25, -0.2) is 9.97 Å². The highest BCUT2D eigenvalue weighted by molar-refractivity contribution is 5.33. The zero-order valence-corrected chi connectivity index (χ0v) is 8.35. The van der Waals surface area contributed by atoms with Crippen LogP contribution in [-0.2, 0) is 0 Å². The Balaban J connectivity index is 2.14. The molecule has 14 heavy (non-hydrogen) atoms. The molecule has 1 fully saturated rings. The number of nitrogens with two attached hydrogens (primary N) is 1. The third-order valence-electron chi connectivity index (χ3n) is 2.52. The molecule has 76 valence electrons. The molecule has 0 aromatic carbocycles. The lowest BCUT2D eigenvalue weighted by atomic mass is 10.0. The summed E-state index contributed by atoms with van der Waals surface area (Å²) in [5, 5.41) is 0. The van der Waals surface area contributed by atoms with Crippen LogP contribution >= 0.6 is 0 Å². The topological polar surface area (TPSA) is 67.9 Å². The largest absolute Gasteiger partial charge is 0.368 e. The summed E-state index contributed by atoms with van der Waals surface area (Å²) in [5.74, 6) is 1.72. The molecule has 1 aliphatic rings. The lowest BCUT2D eigenvalue weighted by Gasteiger charge is -2.30. The molecule has 2 heterocycles. The van der Waals surface area contributed by atoms with Crippen LogP contribution in [0.5, 0.6) is 0 Å². The smallest absolute Gasteiger partial charge is 0.230 e. The van der Waals surface area contributed by atoms with Crippen molar-refractivity contribution in [1.82, 2.24) is 15.0 Å². The van der Waals surface area contributed by atoms with Gasteiger partial charge in [-0.2, -0.15) is 4.98 Å². The van der Waals surface area contributed by atoms with E-state index in [1.165, 1.54) is 19.2 Å². The van der Waals surface area contributed by atoms with E-state index in [0.29, 0.717) is 17.8 Å². The maximum atomic E-state index is 5.51. The highest BCUT2D eigenvalue weighted by atomic mass is 15.3. The fraction of sp³-hybridized carbons (Fsp3) is 0.667. The van der Waals surface area contributed by atoms with Gasteiger partial charge in [0.1, 0.15) is 6.33 Å². The molecular formula is C9H15N5. The first-order chi connectivity index (χ1) is 6.75. The predicted octanol–water partition coefficient (Wildman–Crippen LogP) is 0.690. The Labute approximate surface area is 83.4 Å². The third kappa shape index (κ3) is 1.92. The van der Waals surface area contributed by atoms with Gasteiger partial charge < -0.3 is 10.6 Å². The van der Waals surface area contributed by atoms with Crippen LogP contribution in [0.2, 0.25) is 0 Å². The first kappa shape index (κ1) is 9.18. The summed E-state index contributed by atoms with van der Waals surface area (Å²) in [5.41, 5.74) is 5.51. The van der Waals surface area contributed by atoms with Crippen molar-refractivity contribution in [3.8, 4) is 0 Å². The zero-order chi connectivity index (χ0) is 9.97. The highest BCUT2D eigenvalue weighted by Crippen LogP contribution is 2.19. The molecule has 0 saturated carbocycles. The molecule has 0 radical (unpaired) electrons. The molecule has 0 unspecified atom stereocenters. The van der Waals surface area contributed by atoms with Crippen molar-refractivity contribution in [3.63, 3.8) is 0 Å². The van der Waals surface area contributed by atoms with Crippen LogP contribution < -0.4 is 10.6 Å². The first-order valence-corrected chi connectivity index (χ1v) is 4.95. The molecule has 2 N–H and O–H groups in total. The van der Waals surface area contributed by atoms with E-state index in [1.807, 2.05) is 0 Å². The van der Waals surface area contributed by atoms with E-state index in [0.717, 1.165) is 13.1 Å². The standard InChI is InChI=1S/C9H15N5/c1-7-3-2-4-14(5-7)9-12-6-11-8(10)13-9/h6-7H,2-5H2,1H3,(H2,10,11,12,13)/t7-/m0/s1. The first-order valence-electron chi connectivity index (χ1n) is 4.95. The van der Waals surface area contributed by atoms with Gasteiger partial charge in [0.05, 0.1) is 0 Å². The average Bonchev–Trinajstić information content (AvgIpc) is 2.18. The molecule has 0 bridgehead atoms. The van der Waals surface area contributed by atoms with Crippen molar-refractivity contribution in [2.45, 2.75) is 19.8 Å². The van der Waals surface area contributed by atoms with Crippen molar-refractivity contribution >= 4 is 11.9 Å². The molecule has 1 aliphatic heterocycles. The maximum Gasteiger partial charge on any atom is 0.230 e. The number of hydrogen-bond acceptors (Lipinski definition) is 5. The van der Waals surface area contributed by atoms with Crippen molar-refractivity contribution in [1.29, 1.82) is 0 Å². The number of piperidine rings is 1. The van der Waals surface area contributed by atoms with E-state index in [4.69, 9.17) is 5.73 Å². The van der Waals surface area contributed by atoms with E-state index in [9.17, 15) is 0 Å². The fourth-order valence-electron chi connectivity index (χ4n) is 1.82. The number of nitrogens with zero attached hydrogens (tertiary/aromatic N) is 4. The Morgan fingerprint density at radius 2 is 2.36 bits per heavy atom. The Morgan fingerprint density at radius 1 is 1.50 bits per heavy atom. The van der Waals surface area contributed by atoms with E-state index in [-0.39, 0.29) is 0 Å². The minimum absolute atomic E-state index is 0.299. The minimum Gasteiger partial charge on any atom is -0.368 e. The SMILES string of the molecule is C[C@H]1CCCN(c2ncnc(N)n2)C1. The number of rotatable bonds is 1. The van der Waals surface area contributed by atoms with Gasteiger partial charge in [-0.3, -0.25) is 0 Å². The van der Waals surface area contributed by atoms with Gasteiger partial charge in [0.15, 0.2) is 0 Å². The molecule has 5 heteroatoms. The number of nitrogen functional groups attached to an aromatic ring is 1. The van der Waals surface area contributed by atoms with Gasteiger partial charge in [0.25, 0.3) is 0 Å². The van der Waals surface area contributed by atoms with Crippen LogP contribution in [0.1, 0.15) is 19.8 Å². The second kappa shape index (κ2) is 3.77. The Morgan fingerprint density at radius 3 is 3.07 bits per heavy atom. The van der Waals surface area contributed by atoms with E-state index in [2.05, 4.69) is 26.8 Å². The Kier molecular flexibility index (Phi) is 2.47. The zero-order valence-electron chi connectivity index (χ0n) is 8.35. The van der Waals surface area contributed by atoms with Gasteiger partial charge >= 0.3 is 0 Å². The van der Waals surface area contributed by atoms with Gasteiger partial charge in [0.2, 0.25) is 11.9 Å².